The molecule has 0 aliphatic carbocycles. The van der Waals surface area contributed by atoms with Crippen LogP contribution in [-0.4, -0.2) is 22.6 Å². The quantitative estimate of drug-likeness (QED) is 0.406. The van der Waals surface area contributed by atoms with Crippen molar-refractivity contribution in [2.24, 2.45) is 7.05 Å². The Morgan fingerprint density at radius 1 is 1.71 bits per heavy atom. The first-order valence-corrected chi connectivity index (χ1v) is 3.91. The standard InChI is InChI=1S/C8H10N2O4/c1-9-5-7(10(12)13)3-6(9)4-8(11)14-2/h3,5H,4H2,1-2H3. The molecule has 0 N–H and O–H groups in total. The minimum absolute atomic E-state index is 0.0218. The molecule has 0 unspecified atom stereocenters. The predicted molar refractivity (Wildman–Crippen MR) is 47.8 cm³/mol. The van der Waals surface area contributed by atoms with Crippen LogP contribution in [0.2, 0.25) is 0 Å². The van der Waals surface area contributed by atoms with Gasteiger partial charge in [0, 0.05) is 18.8 Å². The number of ether oxygens (including phenoxy) is 1. The lowest BCUT2D eigenvalue weighted by atomic mass is 10.3. The zero-order chi connectivity index (χ0) is 10.7. The van der Waals surface area contributed by atoms with Crippen molar-refractivity contribution in [2.45, 2.75) is 6.42 Å². The summed E-state index contributed by atoms with van der Waals surface area (Å²) in [6.45, 7) is 0. The lowest BCUT2D eigenvalue weighted by molar-refractivity contribution is -0.384. The summed E-state index contributed by atoms with van der Waals surface area (Å²) in [6.07, 6.45) is 1.40. The van der Waals surface area contributed by atoms with Gasteiger partial charge < -0.3 is 9.30 Å². The third-order valence-electron chi connectivity index (χ3n) is 1.86. The Kier molecular flexibility index (Phi) is 2.85. The third kappa shape index (κ3) is 2.09. The van der Waals surface area contributed by atoms with E-state index in [1.165, 1.54) is 23.9 Å². The first kappa shape index (κ1) is 10.2. The van der Waals surface area contributed by atoms with E-state index in [4.69, 9.17) is 0 Å². The fraction of sp³-hybridized carbons (Fsp3) is 0.375. The SMILES string of the molecule is COC(=O)Cc1cc([N+](=O)[O-])cn1C. The third-order valence-corrected chi connectivity index (χ3v) is 1.86. The number of esters is 1. The number of carbonyl (C=O) groups is 1. The first-order valence-electron chi connectivity index (χ1n) is 3.91. The second kappa shape index (κ2) is 3.91. The Balaban J connectivity index is 2.88. The van der Waals surface area contributed by atoms with E-state index in [2.05, 4.69) is 4.74 Å². The zero-order valence-corrected chi connectivity index (χ0v) is 7.89. The van der Waals surface area contributed by atoms with Gasteiger partial charge in [0.2, 0.25) is 0 Å². The van der Waals surface area contributed by atoms with Crippen LogP contribution < -0.4 is 0 Å². The van der Waals surface area contributed by atoms with Gasteiger partial charge in [-0.25, -0.2) is 0 Å². The average Bonchev–Trinajstić information content (AvgIpc) is 2.48. The number of rotatable bonds is 3. The van der Waals surface area contributed by atoms with E-state index in [9.17, 15) is 14.9 Å². The van der Waals surface area contributed by atoms with Crippen LogP contribution in [0.5, 0.6) is 0 Å². The van der Waals surface area contributed by atoms with E-state index < -0.39 is 10.9 Å². The molecule has 0 saturated carbocycles. The molecule has 1 aromatic heterocycles. The summed E-state index contributed by atoms with van der Waals surface area (Å²) in [4.78, 5) is 20.8. The maximum atomic E-state index is 10.9. The normalized spacial score (nSPS) is 9.86. The molecule has 1 heterocycles. The van der Waals surface area contributed by atoms with E-state index in [-0.39, 0.29) is 12.1 Å². The average molecular weight is 198 g/mol. The number of methoxy groups -OCH3 is 1. The van der Waals surface area contributed by atoms with Crippen LogP contribution in [0.15, 0.2) is 12.3 Å². The van der Waals surface area contributed by atoms with Gasteiger partial charge in [0.25, 0.3) is 5.69 Å². The number of aromatic nitrogens is 1. The fourth-order valence-electron chi connectivity index (χ4n) is 1.09. The maximum Gasteiger partial charge on any atom is 0.311 e. The molecule has 1 rings (SSSR count). The van der Waals surface area contributed by atoms with E-state index in [1.807, 2.05) is 0 Å². The molecular weight excluding hydrogens is 188 g/mol. The van der Waals surface area contributed by atoms with Crippen molar-refractivity contribution in [3.63, 3.8) is 0 Å². The van der Waals surface area contributed by atoms with Gasteiger partial charge in [0.1, 0.15) is 0 Å². The number of hydrogen-bond acceptors (Lipinski definition) is 4. The van der Waals surface area contributed by atoms with Crippen molar-refractivity contribution >= 4 is 11.7 Å². The molecule has 0 radical (unpaired) electrons. The molecule has 6 nitrogen and oxygen atoms in total. The van der Waals surface area contributed by atoms with Crippen molar-refractivity contribution in [1.82, 2.24) is 4.57 Å². The van der Waals surface area contributed by atoms with E-state index in [1.54, 1.807) is 7.05 Å². The van der Waals surface area contributed by atoms with Crippen molar-refractivity contribution < 1.29 is 14.5 Å². The second-order valence-electron chi connectivity index (χ2n) is 2.81. The lowest BCUT2D eigenvalue weighted by Gasteiger charge is -1.99. The molecule has 0 aliphatic heterocycles. The second-order valence-corrected chi connectivity index (χ2v) is 2.81. The van der Waals surface area contributed by atoms with E-state index in [0.717, 1.165) is 0 Å². The lowest BCUT2D eigenvalue weighted by Crippen LogP contribution is -2.07. The van der Waals surface area contributed by atoms with E-state index in [0.29, 0.717) is 5.69 Å². The molecule has 1 aromatic rings. The Hall–Kier alpha value is -1.85. The molecule has 6 heteroatoms. The Morgan fingerprint density at radius 2 is 2.36 bits per heavy atom. The summed E-state index contributed by atoms with van der Waals surface area (Å²) in [5, 5.41) is 10.4. The molecule has 0 saturated heterocycles. The van der Waals surface area contributed by atoms with Crippen LogP contribution in [0.3, 0.4) is 0 Å². The van der Waals surface area contributed by atoms with Crippen LogP contribution in [-0.2, 0) is 23.0 Å². The van der Waals surface area contributed by atoms with Gasteiger partial charge in [0.15, 0.2) is 0 Å². The Labute approximate surface area is 80.2 Å². The minimum atomic E-state index is -0.499. The van der Waals surface area contributed by atoms with Gasteiger partial charge in [-0.05, 0) is 0 Å². The maximum absolute atomic E-state index is 10.9. The van der Waals surface area contributed by atoms with Crippen LogP contribution in [0.1, 0.15) is 5.69 Å². The largest absolute Gasteiger partial charge is 0.469 e. The van der Waals surface area contributed by atoms with Crippen molar-refractivity contribution in [1.29, 1.82) is 0 Å². The molecule has 0 aliphatic rings. The molecule has 0 spiro atoms. The topological polar surface area (TPSA) is 74.4 Å². The predicted octanol–water partition coefficient (Wildman–Crippen LogP) is 0.649. The smallest absolute Gasteiger partial charge is 0.311 e. The van der Waals surface area contributed by atoms with Crippen LogP contribution in [0.25, 0.3) is 0 Å². The number of nitrogens with zero attached hydrogens (tertiary/aromatic N) is 2. The molecule has 14 heavy (non-hydrogen) atoms. The highest BCUT2D eigenvalue weighted by atomic mass is 16.6. The van der Waals surface area contributed by atoms with Crippen molar-refractivity contribution in [2.75, 3.05) is 7.11 Å². The van der Waals surface area contributed by atoms with Crippen LogP contribution in [0, 0.1) is 10.1 Å². The summed E-state index contributed by atoms with van der Waals surface area (Å²) >= 11 is 0. The minimum Gasteiger partial charge on any atom is -0.469 e. The van der Waals surface area contributed by atoms with Gasteiger partial charge in [-0.15, -0.1) is 0 Å². The molecular formula is C8H10N2O4. The van der Waals surface area contributed by atoms with Gasteiger partial charge >= 0.3 is 5.97 Å². The first-order chi connectivity index (χ1) is 6.54. The number of carbonyl (C=O) groups excluding carboxylic acids is 1. The Morgan fingerprint density at radius 3 is 2.79 bits per heavy atom. The molecule has 0 bridgehead atoms. The Bertz CT molecular complexity index is 369. The van der Waals surface area contributed by atoms with Gasteiger partial charge in [-0.2, -0.15) is 0 Å². The van der Waals surface area contributed by atoms with Gasteiger partial charge in [-0.1, -0.05) is 0 Å². The number of hydrogen-bond donors (Lipinski definition) is 0. The highest BCUT2D eigenvalue weighted by Gasteiger charge is 2.14. The molecule has 0 fully saturated rings. The monoisotopic (exact) mass is 198 g/mol. The van der Waals surface area contributed by atoms with Gasteiger partial charge in [-0.3, -0.25) is 14.9 Å². The highest BCUT2D eigenvalue weighted by Crippen LogP contribution is 2.15. The number of aryl methyl sites for hydroxylation is 1. The summed E-state index contributed by atoms with van der Waals surface area (Å²) < 4.78 is 5.99. The highest BCUT2D eigenvalue weighted by molar-refractivity contribution is 5.72. The zero-order valence-electron chi connectivity index (χ0n) is 7.89. The summed E-state index contributed by atoms with van der Waals surface area (Å²) in [6, 6.07) is 1.36. The summed E-state index contributed by atoms with van der Waals surface area (Å²) in [5.41, 5.74) is 0.537. The van der Waals surface area contributed by atoms with Crippen LogP contribution in [0.4, 0.5) is 5.69 Å². The van der Waals surface area contributed by atoms with Crippen molar-refractivity contribution in [3.8, 4) is 0 Å². The summed E-state index contributed by atoms with van der Waals surface area (Å²) in [7, 11) is 2.92. The molecule has 0 atom stereocenters. The number of nitro groups is 1. The summed E-state index contributed by atoms with van der Waals surface area (Å²) in [5.74, 6) is -0.416. The van der Waals surface area contributed by atoms with Gasteiger partial charge in [0.05, 0.1) is 24.7 Å². The molecule has 0 amide bonds. The molecule has 0 aromatic carbocycles. The van der Waals surface area contributed by atoms with Crippen molar-refractivity contribution in [3.05, 3.63) is 28.1 Å². The fourth-order valence-corrected chi connectivity index (χ4v) is 1.09. The van der Waals surface area contributed by atoms with Crippen LogP contribution >= 0.6 is 0 Å². The molecule has 76 valence electrons. The van der Waals surface area contributed by atoms with E-state index >= 15 is 0 Å².